The van der Waals surface area contributed by atoms with E-state index in [4.69, 9.17) is 0 Å². The maximum atomic E-state index is 4.17. The van der Waals surface area contributed by atoms with Crippen LogP contribution in [0.1, 0.15) is 11.4 Å². The van der Waals surface area contributed by atoms with Crippen LogP contribution in [0.2, 0.25) is 0 Å². The first kappa shape index (κ1) is 9.64. The minimum Gasteiger partial charge on any atom is -0.369 e. The molecule has 4 heteroatoms. The Labute approximate surface area is 78.4 Å². The van der Waals surface area contributed by atoms with Gasteiger partial charge in [0.15, 0.2) is 0 Å². The molecule has 0 aliphatic heterocycles. The molecule has 70 valence electrons. The smallest absolute Gasteiger partial charge is 0.251 e. The molecular weight excluding hydrogens is 164 g/mol. The summed E-state index contributed by atoms with van der Waals surface area (Å²) >= 11 is 0. The lowest BCUT2D eigenvalue weighted by Gasteiger charge is -2.02. The predicted molar refractivity (Wildman–Crippen MR) is 53.3 cm³/mol. The van der Waals surface area contributed by atoms with Crippen LogP contribution in [0.15, 0.2) is 11.1 Å². The van der Waals surface area contributed by atoms with Gasteiger partial charge in [-0.1, -0.05) is 0 Å². The average molecular weight is 178 g/mol. The van der Waals surface area contributed by atoms with E-state index in [1.807, 2.05) is 38.9 Å². The maximum absolute atomic E-state index is 4.17. The van der Waals surface area contributed by atoms with Crippen LogP contribution >= 0.6 is 0 Å². The van der Waals surface area contributed by atoms with Crippen molar-refractivity contribution in [2.75, 3.05) is 14.1 Å². The second-order valence-corrected chi connectivity index (χ2v) is 3.16. The third-order valence-electron chi connectivity index (χ3n) is 1.37. The van der Waals surface area contributed by atoms with Gasteiger partial charge in [-0.05, 0) is 19.9 Å². The van der Waals surface area contributed by atoms with Gasteiger partial charge in [-0.2, -0.15) is 0 Å². The Kier molecular flexibility index (Phi) is 2.95. The van der Waals surface area contributed by atoms with Crippen molar-refractivity contribution in [3.63, 3.8) is 0 Å². The van der Waals surface area contributed by atoms with Crippen molar-refractivity contribution in [1.29, 1.82) is 0 Å². The molecular formula is C9H14N4. The molecule has 0 N–H and O–H groups in total. The van der Waals surface area contributed by atoms with E-state index in [9.17, 15) is 0 Å². The number of hydrogen-bond acceptors (Lipinski definition) is 3. The van der Waals surface area contributed by atoms with Crippen LogP contribution in [-0.4, -0.2) is 35.3 Å². The van der Waals surface area contributed by atoms with Gasteiger partial charge in [0.2, 0.25) is 0 Å². The molecule has 1 heterocycles. The average Bonchev–Trinajstić information content (AvgIpc) is 1.99. The highest BCUT2D eigenvalue weighted by molar-refractivity contribution is 5.57. The van der Waals surface area contributed by atoms with Crippen LogP contribution in [0.5, 0.6) is 0 Å². The first-order chi connectivity index (χ1) is 6.08. The monoisotopic (exact) mass is 178 g/mol. The topological polar surface area (TPSA) is 41.4 Å². The van der Waals surface area contributed by atoms with Gasteiger partial charge in [0, 0.05) is 25.5 Å². The third kappa shape index (κ3) is 3.19. The Morgan fingerprint density at radius 3 is 2.23 bits per heavy atom. The van der Waals surface area contributed by atoms with E-state index < -0.39 is 0 Å². The summed E-state index contributed by atoms with van der Waals surface area (Å²) in [6.07, 6.45) is 1.69. The quantitative estimate of drug-likeness (QED) is 0.506. The molecule has 0 unspecified atom stereocenters. The molecule has 0 atom stereocenters. The Morgan fingerprint density at radius 2 is 1.77 bits per heavy atom. The second-order valence-electron chi connectivity index (χ2n) is 3.16. The van der Waals surface area contributed by atoms with Gasteiger partial charge >= 0.3 is 0 Å². The first-order valence-electron chi connectivity index (χ1n) is 4.11. The largest absolute Gasteiger partial charge is 0.369 e. The highest BCUT2D eigenvalue weighted by Crippen LogP contribution is 2.05. The van der Waals surface area contributed by atoms with Gasteiger partial charge in [0.25, 0.3) is 5.95 Å². The fourth-order valence-corrected chi connectivity index (χ4v) is 0.932. The van der Waals surface area contributed by atoms with Crippen molar-refractivity contribution in [2.24, 2.45) is 4.99 Å². The lowest BCUT2D eigenvalue weighted by Crippen LogP contribution is -2.07. The zero-order valence-electron chi connectivity index (χ0n) is 8.44. The number of aryl methyl sites for hydroxylation is 2. The van der Waals surface area contributed by atoms with E-state index in [2.05, 4.69) is 15.0 Å². The van der Waals surface area contributed by atoms with E-state index in [0.29, 0.717) is 5.95 Å². The predicted octanol–water partition coefficient (Wildman–Crippen LogP) is 1.31. The molecule has 0 aromatic carbocycles. The summed E-state index contributed by atoms with van der Waals surface area (Å²) < 4.78 is 0. The van der Waals surface area contributed by atoms with Gasteiger partial charge in [-0.3, -0.25) is 0 Å². The van der Waals surface area contributed by atoms with Crippen molar-refractivity contribution in [3.8, 4) is 0 Å². The molecule has 1 aromatic rings. The molecule has 0 aliphatic carbocycles. The molecule has 13 heavy (non-hydrogen) atoms. The Hall–Kier alpha value is -1.45. The van der Waals surface area contributed by atoms with Crippen molar-refractivity contribution in [1.82, 2.24) is 14.9 Å². The van der Waals surface area contributed by atoms with Crippen LogP contribution in [0.3, 0.4) is 0 Å². The molecule has 0 spiro atoms. The second kappa shape index (κ2) is 3.98. The van der Waals surface area contributed by atoms with Crippen molar-refractivity contribution in [2.45, 2.75) is 13.8 Å². The Bertz CT molecular complexity index is 297. The standard InChI is InChI=1S/C9H14N4/c1-7-5-8(2)12-9(11-7)10-6-13(3)4/h5-6H,1-4H3. The zero-order valence-corrected chi connectivity index (χ0v) is 8.44. The van der Waals surface area contributed by atoms with E-state index in [1.54, 1.807) is 6.34 Å². The molecule has 0 aliphatic rings. The van der Waals surface area contributed by atoms with E-state index in [-0.39, 0.29) is 0 Å². The molecule has 0 amide bonds. The third-order valence-corrected chi connectivity index (χ3v) is 1.37. The van der Waals surface area contributed by atoms with E-state index >= 15 is 0 Å². The normalized spacial score (nSPS) is 10.8. The number of nitrogens with zero attached hydrogens (tertiary/aromatic N) is 4. The van der Waals surface area contributed by atoms with Gasteiger partial charge in [0.1, 0.15) is 0 Å². The molecule has 0 fully saturated rings. The summed E-state index contributed by atoms with van der Waals surface area (Å²) in [6.45, 7) is 3.87. The van der Waals surface area contributed by atoms with Gasteiger partial charge < -0.3 is 4.90 Å². The Morgan fingerprint density at radius 1 is 1.23 bits per heavy atom. The highest BCUT2D eigenvalue weighted by Gasteiger charge is 1.95. The lowest BCUT2D eigenvalue weighted by atomic mass is 10.4. The first-order valence-corrected chi connectivity index (χ1v) is 4.11. The summed E-state index contributed by atoms with van der Waals surface area (Å²) in [5.74, 6) is 0.520. The fourth-order valence-electron chi connectivity index (χ4n) is 0.932. The minimum absolute atomic E-state index is 0.520. The van der Waals surface area contributed by atoms with Crippen LogP contribution in [0, 0.1) is 13.8 Å². The molecule has 1 aromatic heterocycles. The van der Waals surface area contributed by atoms with Gasteiger partial charge in [0.05, 0.1) is 6.34 Å². The lowest BCUT2D eigenvalue weighted by molar-refractivity contribution is 0.642. The van der Waals surface area contributed by atoms with Gasteiger partial charge in [-0.25, -0.2) is 15.0 Å². The number of aromatic nitrogens is 2. The number of hydrogen-bond donors (Lipinski definition) is 0. The zero-order chi connectivity index (χ0) is 9.84. The van der Waals surface area contributed by atoms with Crippen molar-refractivity contribution in [3.05, 3.63) is 17.5 Å². The van der Waals surface area contributed by atoms with Crippen molar-refractivity contribution < 1.29 is 0 Å². The molecule has 0 bridgehead atoms. The van der Waals surface area contributed by atoms with E-state index in [1.165, 1.54) is 0 Å². The Balaban J connectivity index is 2.89. The summed E-state index contributed by atoms with van der Waals surface area (Å²) in [4.78, 5) is 14.3. The van der Waals surface area contributed by atoms with E-state index in [0.717, 1.165) is 11.4 Å². The summed E-state index contributed by atoms with van der Waals surface area (Å²) in [6, 6.07) is 1.93. The fraction of sp³-hybridized carbons (Fsp3) is 0.444. The summed E-state index contributed by atoms with van der Waals surface area (Å²) in [7, 11) is 3.82. The molecule has 4 nitrogen and oxygen atoms in total. The van der Waals surface area contributed by atoms with Crippen LogP contribution in [-0.2, 0) is 0 Å². The van der Waals surface area contributed by atoms with Crippen molar-refractivity contribution >= 4 is 12.3 Å². The van der Waals surface area contributed by atoms with Crippen LogP contribution < -0.4 is 0 Å². The molecule has 0 radical (unpaired) electrons. The number of rotatable bonds is 2. The summed E-state index contributed by atoms with van der Waals surface area (Å²) in [5.41, 5.74) is 1.89. The molecule has 1 rings (SSSR count). The number of aliphatic imine (C=N–C) groups is 1. The maximum Gasteiger partial charge on any atom is 0.251 e. The van der Waals surface area contributed by atoms with Gasteiger partial charge in [-0.15, -0.1) is 0 Å². The highest BCUT2D eigenvalue weighted by atomic mass is 15.1. The SMILES string of the molecule is Cc1cc(C)nc(N=CN(C)C)n1. The minimum atomic E-state index is 0.520. The van der Waals surface area contributed by atoms with Crippen LogP contribution in [0.4, 0.5) is 5.95 Å². The molecule has 0 saturated carbocycles. The summed E-state index contributed by atoms with van der Waals surface area (Å²) in [5, 5.41) is 0. The molecule has 0 saturated heterocycles. The van der Waals surface area contributed by atoms with Crippen LogP contribution in [0.25, 0.3) is 0 Å².